The van der Waals surface area contributed by atoms with Gasteiger partial charge in [-0.05, 0) is 36.4 Å². The zero-order valence-electron chi connectivity index (χ0n) is 12.9. The van der Waals surface area contributed by atoms with Gasteiger partial charge in [0.05, 0.1) is 17.8 Å². The molecule has 0 aliphatic carbocycles. The minimum absolute atomic E-state index is 0.114. The number of aromatic nitrogens is 3. The number of methoxy groups -OCH3 is 1. The molecule has 0 aliphatic heterocycles. The van der Waals surface area contributed by atoms with Crippen LogP contribution in [0.4, 0.5) is 0 Å². The first-order valence-electron chi connectivity index (χ1n) is 7.18. The summed E-state index contributed by atoms with van der Waals surface area (Å²) >= 11 is 0. The van der Waals surface area contributed by atoms with Gasteiger partial charge in [0.1, 0.15) is 5.75 Å². The van der Waals surface area contributed by atoms with Gasteiger partial charge in [-0.25, -0.2) is 8.42 Å². The van der Waals surface area contributed by atoms with E-state index in [9.17, 15) is 8.42 Å². The molecule has 0 aliphatic rings. The van der Waals surface area contributed by atoms with Gasteiger partial charge in [-0.15, -0.1) is 10.2 Å². The van der Waals surface area contributed by atoms with Crippen molar-refractivity contribution < 1.29 is 17.6 Å². The third kappa shape index (κ3) is 3.60. The standard InChI is InChI=1S/C16H15N3O4S/c1-22-13-2-4-14(5-3-13)24(20,21)11-8-15-18-19-16(23-15)12-6-9-17-10-7-12/h2-7,9-10H,8,11H2,1H3. The number of hydrogen-bond donors (Lipinski definition) is 0. The molecule has 0 fully saturated rings. The second-order valence-electron chi connectivity index (χ2n) is 4.98. The van der Waals surface area contributed by atoms with E-state index in [2.05, 4.69) is 15.2 Å². The summed E-state index contributed by atoms with van der Waals surface area (Å²) in [5.74, 6) is 1.11. The number of pyridine rings is 1. The lowest BCUT2D eigenvalue weighted by Gasteiger charge is -2.04. The summed E-state index contributed by atoms with van der Waals surface area (Å²) in [5.41, 5.74) is 0.738. The van der Waals surface area contributed by atoms with Crippen LogP contribution >= 0.6 is 0 Å². The Labute approximate surface area is 139 Å². The molecule has 0 saturated carbocycles. The van der Waals surface area contributed by atoms with Gasteiger partial charge in [-0.1, -0.05) is 0 Å². The summed E-state index contributed by atoms with van der Waals surface area (Å²) in [6.45, 7) is 0. The van der Waals surface area contributed by atoms with Crippen molar-refractivity contribution in [3.8, 4) is 17.2 Å². The van der Waals surface area contributed by atoms with E-state index in [0.29, 0.717) is 11.6 Å². The van der Waals surface area contributed by atoms with Gasteiger partial charge in [-0.2, -0.15) is 0 Å². The molecule has 7 nitrogen and oxygen atoms in total. The van der Waals surface area contributed by atoms with Crippen molar-refractivity contribution >= 4 is 9.84 Å². The van der Waals surface area contributed by atoms with Crippen LogP contribution in [-0.2, 0) is 16.3 Å². The topological polar surface area (TPSA) is 95.2 Å². The maximum absolute atomic E-state index is 12.3. The normalized spacial score (nSPS) is 11.4. The van der Waals surface area contributed by atoms with Crippen LogP contribution in [0, 0.1) is 0 Å². The molecular weight excluding hydrogens is 330 g/mol. The van der Waals surface area contributed by atoms with E-state index >= 15 is 0 Å². The van der Waals surface area contributed by atoms with Crippen LogP contribution in [0.25, 0.3) is 11.5 Å². The smallest absolute Gasteiger partial charge is 0.247 e. The van der Waals surface area contributed by atoms with E-state index in [0.717, 1.165) is 5.56 Å². The Balaban J connectivity index is 1.69. The molecule has 0 saturated heterocycles. The molecule has 0 atom stereocenters. The minimum atomic E-state index is -3.43. The SMILES string of the molecule is COc1ccc(S(=O)(=O)CCc2nnc(-c3ccncc3)o2)cc1. The Morgan fingerprint density at radius 1 is 1.04 bits per heavy atom. The third-order valence-electron chi connectivity index (χ3n) is 3.40. The van der Waals surface area contributed by atoms with Gasteiger partial charge in [-0.3, -0.25) is 4.98 Å². The monoisotopic (exact) mass is 345 g/mol. The number of ether oxygens (including phenoxy) is 1. The zero-order valence-corrected chi connectivity index (χ0v) is 13.7. The maximum Gasteiger partial charge on any atom is 0.247 e. The summed E-state index contributed by atoms with van der Waals surface area (Å²) < 4.78 is 35.2. The van der Waals surface area contributed by atoms with Crippen molar-refractivity contribution in [1.29, 1.82) is 0 Å². The summed E-state index contributed by atoms with van der Waals surface area (Å²) in [6, 6.07) is 9.74. The lowest BCUT2D eigenvalue weighted by Crippen LogP contribution is -2.09. The number of hydrogen-bond acceptors (Lipinski definition) is 7. The molecule has 24 heavy (non-hydrogen) atoms. The van der Waals surface area contributed by atoms with E-state index in [1.165, 1.54) is 19.2 Å². The Morgan fingerprint density at radius 3 is 2.42 bits per heavy atom. The number of sulfone groups is 1. The number of rotatable bonds is 6. The highest BCUT2D eigenvalue weighted by Gasteiger charge is 2.17. The first kappa shape index (κ1) is 16.1. The van der Waals surface area contributed by atoms with Crippen LogP contribution < -0.4 is 4.74 Å². The fourth-order valence-electron chi connectivity index (χ4n) is 2.09. The minimum Gasteiger partial charge on any atom is -0.497 e. The third-order valence-corrected chi connectivity index (χ3v) is 5.13. The molecule has 3 rings (SSSR count). The maximum atomic E-state index is 12.3. The van der Waals surface area contributed by atoms with Crippen molar-refractivity contribution in [3.05, 3.63) is 54.7 Å². The fourth-order valence-corrected chi connectivity index (χ4v) is 3.32. The second kappa shape index (κ2) is 6.79. The molecule has 0 radical (unpaired) electrons. The van der Waals surface area contributed by atoms with Crippen molar-refractivity contribution in [1.82, 2.24) is 15.2 Å². The highest BCUT2D eigenvalue weighted by Crippen LogP contribution is 2.19. The highest BCUT2D eigenvalue weighted by atomic mass is 32.2. The Bertz CT molecular complexity index is 906. The largest absolute Gasteiger partial charge is 0.497 e. The quantitative estimate of drug-likeness (QED) is 0.675. The van der Waals surface area contributed by atoms with Crippen molar-refractivity contribution in [2.24, 2.45) is 0 Å². The van der Waals surface area contributed by atoms with Crippen molar-refractivity contribution in [3.63, 3.8) is 0 Å². The molecule has 0 spiro atoms. The van der Waals surface area contributed by atoms with Gasteiger partial charge < -0.3 is 9.15 Å². The van der Waals surface area contributed by atoms with E-state index in [-0.39, 0.29) is 23.0 Å². The van der Waals surface area contributed by atoms with E-state index in [1.807, 2.05) is 0 Å². The molecule has 2 heterocycles. The van der Waals surface area contributed by atoms with Gasteiger partial charge in [0.15, 0.2) is 9.84 Å². The van der Waals surface area contributed by atoms with Crippen LogP contribution in [0.15, 0.2) is 58.1 Å². The molecule has 0 amide bonds. The lowest BCUT2D eigenvalue weighted by molar-refractivity contribution is 0.414. The number of nitrogens with zero attached hydrogens (tertiary/aromatic N) is 3. The predicted molar refractivity (Wildman–Crippen MR) is 86.3 cm³/mol. The molecule has 8 heteroatoms. The molecule has 3 aromatic rings. The molecule has 1 aromatic carbocycles. The summed E-state index contributed by atoms with van der Waals surface area (Å²) in [4.78, 5) is 4.15. The van der Waals surface area contributed by atoms with Crippen molar-refractivity contribution in [2.45, 2.75) is 11.3 Å². The average molecular weight is 345 g/mol. The fraction of sp³-hybridized carbons (Fsp3) is 0.188. The first-order valence-corrected chi connectivity index (χ1v) is 8.83. The number of aryl methyl sites for hydroxylation is 1. The van der Waals surface area contributed by atoms with E-state index < -0.39 is 9.84 Å². The van der Waals surface area contributed by atoms with E-state index in [4.69, 9.17) is 9.15 Å². The van der Waals surface area contributed by atoms with Gasteiger partial charge in [0.2, 0.25) is 11.8 Å². The van der Waals surface area contributed by atoms with Crippen LogP contribution in [0.2, 0.25) is 0 Å². The molecule has 124 valence electrons. The van der Waals surface area contributed by atoms with E-state index in [1.54, 1.807) is 36.7 Å². The molecule has 0 bridgehead atoms. The van der Waals surface area contributed by atoms with Crippen LogP contribution in [-0.4, -0.2) is 36.5 Å². The van der Waals surface area contributed by atoms with Gasteiger partial charge in [0, 0.05) is 24.4 Å². The average Bonchev–Trinajstić information content (AvgIpc) is 3.10. The highest BCUT2D eigenvalue weighted by molar-refractivity contribution is 7.91. The summed E-state index contributed by atoms with van der Waals surface area (Å²) in [5, 5.41) is 7.82. The molecule has 2 aromatic heterocycles. The van der Waals surface area contributed by atoms with Crippen molar-refractivity contribution in [2.75, 3.05) is 12.9 Å². The Kier molecular flexibility index (Phi) is 4.57. The van der Waals surface area contributed by atoms with Gasteiger partial charge in [0.25, 0.3) is 0 Å². The summed E-state index contributed by atoms with van der Waals surface area (Å²) in [7, 11) is -1.90. The first-order chi connectivity index (χ1) is 11.6. The Morgan fingerprint density at radius 2 is 1.75 bits per heavy atom. The molecule has 0 N–H and O–H groups in total. The van der Waals surface area contributed by atoms with Crippen LogP contribution in [0.3, 0.4) is 0 Å². The van der Waals surface area contributed by atoms with Crippen LogP contribution in [0.5, 0.6) is 5.75 Å². The van der Waals surface area contributed by atoms with Crippen LogP contribution in [0.1, 0.15) is 5.89 Å². The zero-order chi connectivity index (χ0) is 17.0. The second-order valence-corrected chi connectivity index (χ2v) is 7.09. The Hall–Kier alpha value is -2.74. The molecular formula is C16H15N3O4S. The summed E-state index contributed by atoms with van der Waals surface area (Å²) in [6.07, 6.45) is 3.38. The molecule has 0 unspecified atom stereocenters. The lowest BCUT2D eigenvalue weighted by atomic mass is 10.3. The number of benzene rings is 1. The van der Waals surface area contributed by atoms with Gasteiger partial charge >= 0.3 is 0 Å². The predicted octanol–water partition coefficient (Wildman–Crippen LogP) is 2.16.